The lowest BCUT2D eigenvalue weighted by molar-refractivity contribution is 0.102. The minimum Gasteiger partial charge on any atom is -0.399 e. The standard InChI is InChI=1S/C14H15N3O3S/c1-21(19,20)17-13-4-2-3-12(9-13)16-14(18)10-5-7-11(15)8-6-10/h2-9,17H,15H2,1H3,(H,16,18). The van der Waals surface area contributed by atoms with Gasteiger partial charge in [-0.1, -0.05) is 6.07 Å². The summed E-state index contributed by atoms with van der Waals surface area (Å²) in [6, 6.07) is 12.9. The van der Waals surface area contributed by atoms with Crippen LogP contribution in [0.2, 0.25) is 0 Å². The fourth-order valence-electron chi connectivity index (χ4n) is 1.71. The molecule has 0 aliphatic heterocycles. The van der Waals surface area contributed by atoms with E-state index in [0.29, 0.717) is 22.6 Å². The Labute approximate surface area is 123 Å². The number of amides is 1. The van der Waals surface area contributed by atoms with Crippen LogP contribution in [-0.2, 0) is 10.0 Å². The third-order valence-corrected chi connectivity index (χ3v) is 3.20. The largest absolute Gasteiger partial charge is 0.399 e. The van der Waals surface area contributed by atoms with Crippen LogP contribution in [0, 0.1) is 0 Å². The lowest BCUT2D eigenvalue weighted by Gasteiger charge is -2.08. The maximum absolute atomic E-state index is 12.0. The van der Waals surface area contributed by atoms with Gasteiger partial charge in [0.1, 0.15) is 0 Å². The van der Waals surface area contributed by atoms with Gasteiger partial charge in [0.25, 0.3) is 5.91 Å². The molecule has 21 heavy (non-hydrogen) atoms. The van der Waals surface area contributed by atoms with Crippen LogP contribution in [0.4, 0.5) is 17.1 Å². The van der Waals surface area contributed by atoms with Gasteiger partial charge < -0.3 is 11.1 Å². The molecular weight excluding hydrogens is 290 g/mol. The number of nitrogens with one attached hydrogen (secondary N) is 2. The van der Waals surface area contributed by atoms with Crippen LogP contribution in [0.1, 0.15) is 10.4 Å². The van der Waals surface area contributed by atoms with Crippen molar-refractivity contribution < 1.29 is 13.2 Å². The molecule has 0 aliphatic carbocycles. The Morgan fingerprint density at radius 1 is 1.05 bits per heavy atom. The van der Waals surface area contributed by atoms with Crippen molar-refractivity contribution in [3.63, 3.8) is 0 Å². The summed E-state index contributed by atoms with van der Waals surface area (Å²) in [6.45, 7) is 0. The van der Waals surface area contributed by atoms with Gasteiger partial charge in [-0.3, -0.25) is 9.52 Å². The van der Waals surface area contributed by atoms with Crippen LogP contribution in [0.5, 0.6) is 0 Å². The molecule has 0 fully saturated rings. The second-order valence-corrected chi connectivity index (χ2v) is 6.28. The number of benzene rings is 2. The topological polar surface area (TPSA) is 101 Å². The summed E-state index contributed by atoms with van der Waals surface area (Å²) < 4.78 is 24.7. The highest BCUT2D eigenvalue weighted by Gasteiger charge is 2.07. The first-order valence-electron chi connectivity index (χ1n) is 6.08. The predicted molar refractivity (Wildman–Crippen MR) is 83.7 cm³/mol. The summed E-state index contributed by atoms with van der Waals surface area (Å²) in [6.07, 6.45) is 1.06. The van der Waals surface area contributed by atoms with Gasteiger partial charge in [-0.25, -0.2) is 8.42 Å². The first-order valence-corrected chi connectivity index (χ1v) is 7.97. The number of carbonyl (C=O) groups is 1. The summed E-state index contributed by atoms with van der Waals surface area (Å²) in [5.74, 6) is -0.300. The van der Waals surface area contributed by atoms with Crippen LogP contribution < -0.4 is 15.8 Å². The molecule has 110 valence electrons. The molecule has 0 saturated carbocycles. The Morgan fingerprint density at radius 2 is 1.67 bits per heavy atom. The lowest BCUT2D eigenvalue weighted by atomic mass is 10.2. The molecule has 2 rings (SSSR count). The van der Waals surface area contributed by atoms with Crippen LogP contribution in [-0.4, -0.2) is 20.6 Å². The maximum atomic E-state index is 12.0. The van der Waals surface area contributed by atoms with E-state index in [2.05, 4.69) is 10.0 Å². The number of nitrogens with two attached hydrogens (primary N) is 1. The lowest BCUT2D eigenvalue weighted by Crippen LogP contribution is -2.13. The van der Waals surface area contributed by atoms with Gasteiger partial charge >= 0.3 is 0 Å². The molecule has 0 spiro atoms. The van der Waals surface area contributed by atoms with Crippen molar-refractivity contribution in [2.75, 3.05) is 22.0 Å². The van der Waals surface area contributed by atoms with Crippen molar-refractivity contribution >= 4 is 33.0 Å². The summed E-state index contributed by atoms with van der Waals surface area (Å²) in [7, 11) is -3.36. The van der Waals surface area contributed by atoms with E-state index >= 15 is 0 Å². The molecule has 0 aromatic heterocycles. The molecule has 0 unspecified atom stereocenters. The van der Waals surface area contributed by atoms with Gasteiger partial charge in [-0.05, 0) is 42.5 Å². The van der Waals surface area contributed by atoms with Crippen LogP contribution in [0.25, 0.3) is 0 Å². The highest BCUT2D eigenvalue weighted by atomic mass is 32.2. The molecule has 0 saturated heterocycles. The zero-order valence-electron chi connectivity index (χ0n) is 11.3. The van der Waals surface area contributed by atoms with Crippen LogP contribution in [0.3, 0.4) is 0 Å². The molecule has 2 aromatic carbocycles. The van der Waals surface area contributed by atoms with E-state index in [0.717, 1.165) is 6.26 Å². The molecule has 0 bridgehead atoms. The van der Waals surface area contributed by atoms with Crippen molar-refractivity contribution in [1.29, 1.82) is 0 Å². The van der Waals surface area contributed by atoms with Crippen molar-refractivity contribution in [1.82, 2.24) is 0 Å². The van der Waals surface area contributed by atoms with Gasteiger partial charge in [0.05, 0.1) is 11.9 Å². The summed E-state index contributed by atoms with van der Waals surface area (Å²) >= 11 is 0. The van der Waals surface area contributed by atoms with Crippen molar-refractivity contribution in [3.8, 4) is 0 Å². The zero-order chi connectivity index (χ0) is 15.5. The second kappa shape index (κ2) is 5.84. The molecule has 2 aromatic rings. The van der Waals surface area contributed by atoms with E-state index in [1.807, 2.05) is 0 Å². The molecule has 1 amide bonds. The summed E-state index contributed by atoms with van der Waals surface area (Å²) in [4.78, 5) is 12.0. The highest BCUT2D eigenvalue weighted by molar-refractivity contribution is 7.92. The normalized spacial score (nSPS) is 10.9. The zero-order valence-corrected chi connectivity index (χ0v) is 12.1. The van der Waals surface area contributed by atoms with E-state index in [-0.39, 0.29) is 5.91 Å². The number of sulfonamides is 1. The molecular formula is C14H15N3O3S. The number of anilines is 3. The van der Waals surface area contributed by atoms with E-state index < -0.39 is 10.0 Å². The van der Waals surface area contributed by atoms with Crippen LogP contribution in [0.15, 0.2) is 48.5 Å². The minimum atomic E-state index is -3.36. The van der Waals surface area contributed by atoms with E-state index in [9.17, 15) is 13.2 Å². The second-order valence-electron chi connectivity index (χ2n) is 4.53. The average molecular weight is 305 g/mol. The Balaban J connectivity index is 2.14. The third kappa shape index (κ3) is 4.50. The fraction of sp³-hybridized carbons (Fsp3) is 0.0714. The predicted octanol–water partition coefficient (Wildman–Crippen LogP) is 1.89. The molecule has 0 radical (unpaired) electrons. The Kier molecular flexibility index (Phi) is 4.13. The first-order chi connectivity index (χ1) is 9.83. The monoisotopic (exact) mass is 305 g/mol. The van der Waals surface area contributed by atoms with Gasteiger partial charge in [0, 0.05) is 16.9 Å². The van der Waals surface area contributed by atoms with E-state index in [4.69, 9.17) is 5.73 Å². The Hall–Kier alpha value is -2.54. The number of nitrogen functional groups attached to an aromatic ring is 1. The molecule has 4 N–H and O–H groups in total. The number of hydrogen-bond donors (Lipinski definition) is 3. The first kappa shape index (κ1) is 14.9. The molecule has 0 heterocycles. The molecule has 7 heteroatoms. The SMILES string of the molecule is CS(=O)(=O)Nc1cccc(NC(=O)c2ccc(N)cc2)c1. The van der Waals surface area contributed by atoms with Gasteiger partial charge in [-0.15, -0.1) is 0 Å². The summed E-state index contributed by atoms with van der Waals surface area (Å²) in [5, 5.41) is 2.69. The van der Waals surface area contributed by atoms with Crippen LogP contribution >= 0.6 is 0 Å². The Bertz CT molecular complexity index is 755. The Morgan fingerprint density at radius 3 is 2.29 bits per heavy atom. The maximum Gasteiger partial charge on any atom is 0.255 e. The van der Waals surface area contributed by atoms with Gasteiger partial charge in [-0.2, -0.15) is 0 Å². The molecule has 0 atom stereocenters. The quantitative estimate of drug-likeness (QED) is 0.751. The number of hydrogen-bond acceptors (Lipinski definition) is 4. The minimum absolute atomic E-state index is 0.300. The molecule has 6 nitrogen and oxygen atoms in total. The highest BCUT2D eigenvalue weighted by Crippen LogP contribution is 2.17. The van der Waals surface area contributed by atoms with Crippen molar-refractivity contribution in [2.24, 2.45) is 0 Å². The number of carbonyl (C=O) groups excluding carboxylic acids is 1. The average Bonchev–Trinajstić information content (AvgIpc) is 2.37. The van der Waals surface area contributed by atoms with E-state index in [1.165, 1.54) is 6.07 Å². The van der Waals surface area contributed by atoms with Crippen molar-refractivity contribution in [2.45, 2.75) is 0 Å². The van der Waals surface area contributed by atoms with Crippen molar-refractivity contribution in [3.05, 3.63) is 54.1 Å². The fourth-order valence-corrected chi connectivity index (χ4v) is 2.27. The van der Waals surface area contributed by atoms with E-state index in [1.54, 1.807) is 42.5 Å². The summed E-state index contributed by atoms with van der Waals surface area (Å²) in [5.41, 5.74) is 7.47. The third-order valence-electron chi connectivity index (χ3n) is 2.60. The smallest absolute Gasteiger partial charge is 0.255 e. The molecule has 0 aliphatic rings. The number of rotatable bonds is 4. The van der Waals surface area contributed by atoms with Gasteiger partial charge in [0.15, 0.2) is 0 Å². The van der Waals surface area contributed by atoms with Gasteiger partial charge in [0.2, 0.25) is 10.0 Å².